The number of fused-ring (bicyclic) bond motifs is 1. The Balaban J connectivity index is 1.58. The average molecular weight is 358 g/mol. The molecule has 3 rings (SSSR count). The summed E-state index contributed by atoms with van der Waals surface area (Å²) >= 11 is 0. The molecule has 1 aliphatic rings. The molecule has 0 aromatic heterocycles. The van der Waals surface area contributed by atoms with Gasteiger partial charge in [0.15, 0.2) is 11.6 Å². The van der Waals surface area contributed by atoms with E-state index in [0.29, 0.717) is 18.7 Å². The highest BCUT2D eigenvalue weighted by molar-refractivity contribution is 5.74. The van der Waals surface area contributed by atoms with Crippen LogP contribution < -0.4 is 14.8 Å². The molecule has 0 saturated carbocycles. The van der Waals surface area contributed by atoms with Crippen LogP contribution in [0.5, 0.6) is 11.5 Å². The first-order valence-corrected chi connectivity index (χ1v) is 8.61. The van der Waals surface area contributed by atoms with Gasteiger partial charge in [-0.1, -0.05) is 12.1 Å². The summed E-state index contributed by atoms with van der Waals surface area (Å²) in [6.07, 6.45) is 1.60. The van der Waals surface area contributed by atoms with Crippen LogP contribution in [0.1, 0.15) is 16.7 Å². The second-order valence-corrected chi connectivity index (χ2v) is 6.25. The minimum absolute atomic E-state index is 0.138. The van der Waals surface area contributed by atoms with Gasteiger partial charge in [-0.25, -0.2) is 9.18 Å². The van der Waals surface area contributed by atoms with Crippen LogP contribution in [0.25, 0.3) is 0 Å². The molecule has 2 aromatic carbocycles. The fraction of sp³-hybridized carbons (Fsp3) is 0.350. The molecular weight excluding hydrogens is 335 g/mol. The number of rotatable bonds is 4. The number of nitrogens with zero attached hydrogens (tertiary/aromatic N) is 1. The van der Waals surface area contributed by atoms with Gasteiger partial charge >= 0.3 is 6.03 Å². The van der Waals surface area contributed by atoms with E-state index in [4.69, 9.17) is 9.47 Å². The first-order valence-electron chi connectivity index (χ1n) is 8.61. The summed E-state index contributed by atoms with van der Waals surface area (Å²) in [4.78, 5) is 14.3. The second kappa shape index (κ2) is 8.08. The fourth-order valence-corrected chi connectivity index (χ4v) is 3.14. The maximum atomic E-state index is 13.7. The molecule has 0 fully saturated rings. The zero-order chi connectivity index (χ0) is 18.5. The number of urea groups is 1. The van der Waals surface area contributed by atoms with Crippen molar-refractivity contribution in [3.05, 3.63) is 58.9 Å². The lowest BCUT2D eigenvalue weighted by atomic mass is 10.0. The normalized spacial score (nSPS) is 13.6. The standard InChI is InChI=1S/C20H23FN2O3/c1-25-17-5-4-15-7-9-23(10-8-16(15)12-17)20(24)22-13-14-3-6-19(26-2)18(21)11-14/h3-6,11-12H,7-10,13H2,1-2H3,(H,22,24). The van der Waals surface area contributed by atoms with E-state index < -0.39 is 5.82 Å². The number of ether oxygens (including phenoxy) is 2. The van der Waals surface area contributed by atoms with Crippen molar-refractivity contribution < 1.29 is 18.7 Å². The average Bonchev–Trinajstić information content (AvgIpc) is 2.88. The van der Waals surface area contributed by atoms with E-state index in [0.717, 1.165) is 18.6 Å². The van der Waals surface area contributed by atoms with Gasteiger partial charge in [0, 0.05) is 19.6 Å². The number of carbonyl (C=O) groups is 1. The fourth-order valence-electron chi connectivity index (χ4n) is 3.14. The predicted molar refractivity (Wildman–Crippen MR) is 97.2 cm³/mol. The molecule has 0 spiro atoms. The summed E-state index contributed by atoms with van der Waals surface area (Å²) in [6, 6.07) is 10.6. The Labute approximate surface area is 152 Å². The zero-order valence-electron chi connectivity index (χ0n) is 15.0. The number of hydrogen-bond acceptors (Lipinski definition) is 3. The van der Waals surface area contributed by atoms with Crippen LogP contribution in [0.3, 0.4) is 0 Å². The van der Waals surface area contributed by atoms with Crippen LogP contribution in [-0.4, -0.2) is 38.2 Å². The topological polar surface area (TPSA) is 50.8 Å². The van der Waals surface area contributed by atoms with Crippen molar-refractivity contribution in [3.8, 4) is 11.5 Å². The third kappa shape index (κ3) is 4.07. The molecule has 0 radical (unpaired) electrons. The van der Waals surface area contributed by atoms with E-state index in [-0.39, 0.29) is 18.3 Å². The van der Waals surface area contributed by atoms with E-state index in [1.807, 2.05) is 12.1 Å². The van der Waals surface area contributed by atoms with Crippen LogP contribution in [0.2, 0.25) is 0 Å². The van der Waals surface area contributed by atoms with Crippen molar-refractivity contribution in [2.75, 3.05) is 27.3 Å². The summed E-state index contributed by atoms with van der Waals surface area (Å²) in [5.41, 5.74) is 3.16. The first-order chi connectivity index (χ1) is 12.6. The molecule has 1 heterocycles. The Morgan fingerprint density at radius 1 is 1.08 bits per heavy atom. The molecule has 0 unspecified atom stereocenters. The molecule has 0 atom stereocenters. The molecule has 2 aromatic rings. The molecular formula is C20H23FN2O3. The summed E-state index contributed by atoms with van der Waals surface area (Å²) < 4.78 is 23.9. The second-order valence-electron chi connectivity index (χ2n) is 6.25. The molecule has 138 valence electrons. The van der Waals surface area contributed by atoms with Gasteiger partial charge in [-0.2, -0.15) is 0 Å². The van der Waals surface area contributed by atoms with Crippen LogP contribution >= 0.6 is 0 Å². The lowest BCUT2D eigenvalue weighted by molar-refractivity contribution is 0.200. The Bertz CT molecular complexity index is 795. The molecule has 0 aliphatic carbocycles. The third-order valence-electron chi connectivity index (χ3n) is 4.66. The van der Waals surface area contributed by atoms with E-state index in [1.165, 1.54) is 24.3 Å². The maximum Gasteiger partial charge on any atom is 0.317 e. The molecule has 6 heteroatoms. The van der Waals surface area contributed by atoms with Crippen LogP contribution in [0.15, 0.2) is 36.4 Å². The minimum atomic E-state index is -0.432. The van der Waals surface area contributed by atoms with Gasteiger partial charge in [-0.3, -0.25) is 0 Å². The van der Waals surface area contributed by atoms with Gasteiger partial charge in [-0.05, 0) is 53.8 Å². The number of halogens is 1. The number of amides is 2. The molecule has 0 bridgehead atoms. The largest absolute Gasteiger partial charge is 0.497 e. The monoisotopic (exact) mass is 358 g/mol. The highest BCUT2D eigenvalue weighted by Crippen LogP contribution is 2.22. The number of hydrogen-bond donors (Lipinski definition) is 1. The molecule has 2 amide bonds. The molecule has 26 heavy (non-hydrogen) atoms. The van der Waals surface area contributed by atoms with Crippen LogP contribution in [-0.2, 0) is 19.4 Å². The summed E-state index contributed by atoms with van der Waals surface area (Å²) in [6.45, 7) is 1.57. The first kappa shape index (κ1) is 18.0. The molecule has 1 N–H and O–H groups in total. The van der Waals surface area contributed by atoms with E-state index in [9.17, 15) is 9.18 Å². The van der Waals surface area contributed by atoms with Gasteiger partial charge in [0.05, 0.1) is 14.2 Å². The summed E-state index contributed by atoms with van der Waals surface area (Å²) in [5.74, 6) is 0.599. The third-order valence-corrected chi connectivity index (χ3v) is 4.66. The van der Waals surface area contributed by atoms with Crippen molar-refractivity contribution in [1.82, 2.24) is 10.2 Å². The van der Waals surface area contributed by atoms with Crippen molar-refractivity contribution in [1.29, 1.82) is 0 Å². The summed E-state index contributed by atoms with van der Waals surface area (Å²) in [7, 11) is 3.08. The Morgan fingerprint density at radius 2 is 1.85 bits per heavy atom. The van der Waals surface area contributed by atoms with Crippen molar-refractivity contribution >= 4 is 6.03 Å². The molecule has 5 nitrogen and oxygen atoms in total. The Morgan fingerprint density at radius 3 is 2.54 bits per heavy atom. The lowest BCUT2D eigenvalue weighted by Gasteiger charge is -2.21. The van der Waals surface area contributed by atoms with Crippen molar-refractivity contribution in [2.45, 2.75) is 19.4 Å². The Hall–Kier alpha value is -2.76. The quantitative estimate of drug-likeness (QED) is 0.913. The highest BCUT2D eigenvalue weighted by Gasteiger charge is 2.18. The lowest BCUT2D eigenvalue weighted by Crippen LogP contribution is -2.41. The smallest absolute Gasteiger partial charge is 0.317 e. The predicted octanol–water partition coefficient (Wildman–Crippen LogP) is 3.15. The van der Waals surface area contributed by atoms with Crippen LogP contribution in [0.4, 0.5) is 9.18 Å². The van der Waals surface area contributed by atoms with E-state index in [2.05, 4.69) is 11.4 Å². The van der Waals surface area contributed by atoms with Crippen molar-refractivity contribution in [3.63, 3.8) is 0 Å². The number of benzene rings is 2. The van der Waals surface area contributed by atoms with Gasteiger partial charge in [0.1, 0.15) is 5.75 Å². The maximum absolute atomic E-state index is 13.7. The minimum Gasteiger partial charge on any atom is -0.497 e. The SMILES string of the molecule is COc1ccc2c(c1)CCN(C(=O)NCc1ccc(OC)c(F)c1)CC2. The zero-order valence-corrected chi connectivity index (χ0v) is 15.0. The van der Waals surface area contributed by atoms with Gasteiger partial charge in [-0.15, -0.1) is 0 Å². The van der Waals surface area contributed by atoms with Gasteiger partial charge < -0.3 is 19.7 Å². The number of carbonyl (C=O) groups excluding carboxylic acids is 1. The number of nitrogens with one attached hydrogen (secondary N) is 1. The van der Waals surface area contributed by atoms with Crippen LogP contribution in [0, 0.1) is 5.82 Å². The van der Waals surface area contributed by atoms with Gasteiger partial charge in [0.25, 0.3) is 0 Å². The summed E-state index contributed by atoms with van der Waals surface area (Å²) in [5, 5.41) is 2.87. The molecule has 0 saturated heterocycles. The highest BCUT2D eigenvalue weighted by atomic mass is 19.1. The van der Waals surface area contributed by atoms with E-state index in [1.54, 1.807) is 24.1 Å². The van der Waals surface area contributed by atoms with Gasteiger partial charge in [0.2, 0.25) is 0 Å². The molecule has 1 aliphatic heterocycles. The Kier molecular flexibility index (Phi) is 5.61. The van der Waals surface area contributed by atoms with E-state index >= 15 is 0 Å². The number of methoxy groups -OCH3 is 2. The van der Waals surface area contributed by atoms with Crippen molar-refractivity contribution in [2.24, 2.45) is 0 Å².